The molecule has 1 aliphatic heterocycles. The van der Waals surface area contributed by atoms with Crippen molar-refractivity contribution in [3.8, 4) is 22.3 Å². The first-order valence-electron chi connectivity index (χ1n) is 10.9. The van der Waals surface area contributed by atoms with Gasteiger partial charge >= 0.3 is 5.97 Å². The third-order valence-electron chi connectivity index (χ3n) is 6.53. The maximum absolute atomic E-state index is 13.4. The molecule has 2 heterocycles. The molecule has 7 nitrogen and oxygen atoms in total. The second-order valence-corrected chi connectivity index (χ2v) is 9.39. The summed E-state index contributed by atoms with van der Waals surface area (Å²) < 4.78 is 5.90. The van der Waals surface area contributed by atoms with Crippen LogP contribution in [-0.2, 0) is 21.4 Å². The van der Waals surface area contributed by atoms with Crippen LogP contribution in [0.1, 0.15) is 29.5 Å². The molecule has 1 spiro atoms. The summed E-state index contributed by atoms with van der Waals surface area (Å²) in [6.45, 7) is 0.561. The lowest BCUT2D eigenvalue weighted by Gasteiger charge is -2.27. The van der Waals surface area contributed by atoms with Crippen LogP contribution in [0.15, 0.2) is 60.3 Å². The Morgan fingerprint density at radius 1 is 1.32 bits per heavy atom. The maximum Gasteiger partial charge on any atom is 0.327 e. The number of rotatable bonds is 6. The number of carboxylic acids is 1. The lowest BCUT2D eigenvalue weighted by molar-refractivity contribution is -0.131. The van der Waals surface area contributed by atoms with Crippen molar-refractivity contribution in [2.45, 2.75) is 24.7 Å². The normalized spacial score (nSPS) is 20.4. The molecule has 0 radical (unpaired) electrons. The SMILES string of the molecule is N#Cc1ccc(CC=CC(=O)O)c(NC(=O)[C@@H]2C[C@]23CCOc2ccc(-c4cncs4)cc23)c1. The number of fused-ring (bicyclic) bond motifs is 2. The highest BCUT2D eigenvalue weighted by atomic mass is 32.1. The zero-order chi connectivity index (χ0) is 23.7. The van der Waals surface area contributed by atoms with Crippen LogP contribution in [0.3, 0.4) is 0 Å². The molecule has 1 amide bonds. The minimum Gasteiger partial charge on any atom is -0.493 e. The first kappa shape index (κ1) is 21.9. The highest BCUT2D eigenvalue weighted by molar-refractivity contribution is 7.13. The summed E-state index contributed by atoms with van der Waals surface area (Å²) in [5.74, 6) is -0.523. The third kappa shape index (κ3) is 4.06. The molecule has 1 fully saturated rings. The first-order chi connectivity index (χ1) is 16.5. The van der Waals surface area contributed by atoms with E-state index in [0.29, 0.717) is 24.3 Å². The van der Waals surface area contributed by atoms with Crippen LogP contribution in [0.4, 0.5) is 5.69 Å². The summed E-state index contributed by atoms with van der Waals surface area (Å²) in [6, 6.07) is 13.2. The number of nitriles is 1. The van der Waals surface area contributed by atoms with Crippen LogP contribution >= 0.6 is 11.3 Å². The van der Waals surface area contributed by atoms with Crippen molar-refractivity contribution in [2.75, 3.05) is 11.9 Å². The van der Waals surface area contributed by atoms with Crippen LogP contribution in [0.2, 0.25) is 0 Å². The third-order valence-corrected chi connectivity index (χ3v) is 7.35. The van der Waals surface area contributed by atoms with Crippen molar-refractivity contribution in [2.24, 2.45) is 5.92 Å². The molecule has 1 aromatic heterocycles. The number of benzene rings is 2. The Bertz CT molecular complexity index is 1340. The first-order valence-corrected chi connectivity index (χ1v) is 11.8. The van der Waals surface area contributed by atoms with Gasteiger partial charge in [0.05, 0.1) is 28.6 Å². The molecule has 2 atom stereocenters. The van der Waals surface area contributed by atoms with Gasteiger partial charge in [-0.1, -0.05) is 12.1 Å². The molecule has 34 heavy (non-hydrogen) atoms. The van der Waals surface area contributed by atoms with Crippen LogP contribution < -0.4 is 10.1 Å². The van der Waals surface area contributed by atoms with Gasteiger partial charge in [0.25, 0.3) is 0 Å². The van der Waals surface area contributed by atoms with Crippen LogP contribution in [0, 0.1) is 17.2 Å². The quantitative estimate of drug-likeness (QED) is 0.510. The average molecular weight is 472 g/mol. The summed E-state index contributed by atoms with van der Waals surface area (Å²) in [5.41, 5.74) is 5.36. The summed E-state index contributed by atoms with van der Waals surface area (Å²) in [7, 11) is 0. The van der Waals surface area contributed by atoms with E-state index >= 15 is 0 Å². The predicted octanol–water partition coefficient (Wildman–Crippen LogP) is 4.54. The highest BCUT2D eigenvalue weighted by Gasteiger charge is 2.61. The monoisotopic (exact) mass is 471 g/mol. The smallest absolute Gasteiger partial charge is 0.327 e. The fourth-order valence-electron chi connectivity index (χ4n) is 4.70. The van der Waals surface area contributed by atoms with E-state index in [1.807, 2.05) is 18.3 Å². The molecular weight excluding hydrogens is 450 g/mol. The van der Waals surface area contributed by atoms with Crippen molar-refractivity contribution >= 4 is 28.9 Å². The number of ether oxygens (including phenoxy) is 1. The fourth-order valence-corrected chi connectivity index (χ4v) is 5.32. The minimum absolute atomic E-state index is 0.102. The molecule has 0 bridgehead atoms. The van der Waals surface area contributed by atoms with E-state index in [0.717, 1.165) is 46.2 Å². The second kappa shape index (κ2) is 8.76. The Kier molecular flexibility index (Phi) is 5.64. The summed E-state index contributed by atoms with van der Waals surface area (Å²) in [4.78, 5) is 29.4. The molecule has 2 aromatic carbocycles. The molecular formula is C26H21N3O4S. The van der Waals surface area contributed by atoms with Crippen molar-refractivity contribution < 1.29 is 19.4 Å². The number of amides is 1. The van der Waals surface area contributed by atoms with Crippen LogP contribution in [0.25, 0.3) is 10.4 Å². The van der Waals surface area contributed by atoms with Gasteiger partial charge in [0.15, 0.2) is 0 Å². The van der Waals surface area contributed by atoms with Crippen LogP contribution in [0.5, 0.6) is 5.75 Å². The lowest BCUT2D eigenvalue weighted by atomic mass is 9.86. The van der Waals surface area contributed by atoms with E-state index in [-0.39, 0.29) is 17.2 Å². The summed E-state index contributed by atoms with van der Waals surface area (Å²) in [6.07, 6.45) is 6.25. The number of anilines is 1. The number of carbonyl (C=O) groups is 2. The Labute approximate surface area is 200 Å². The molecule has 2 N–H and O–H groups in total. The molecule has 0 unspecified atom stereocenters. The van der Waals surface area contributed by atoms with E-state index < -0.39 is 5.97 Å². The largest absolute Gasteiger partial charge is 0.493 e. The number of nitrogens with one attached hydrogen (secondary N) is 1. The van der Waals surface area contributed by atoms with E-state index in [4.69, 9.17) is 9.84 Å². The maximum atomic E-state index is 13.4. The predicted molar refractivity (Wildman–Crippen MR) is 128 cm³/mol. The van der Waals surface area contributed by atoms with Gasteiger partial charge in [-0.2, -0.15) is 5.26 Å². The molecule has 3 aromatic rings. The average Bonchev–Trinajstić information content (AvgIpc) is 3.28. The van der Waals surface area contributed by atoms with Gasteiger partial charge in [-0.05, 0) is 60.7 Å². The minimum atomic E-state index is -1.03. The van der Waals surface area contributed by atoms with Gasteiger partial charge in [-0.3, -0.25) is 9.78 Å². The van der Waals surface area contributed by atoms with Gasteiger partial charge in [-0.15, -0.1) is 11.3 Å². The Balaban J connectivity index is 1.40. The molecule has 1 aliphatic carbocycles. The molecule has 170 valence electrons. The van der Waals surface area contributed by atoms with E-state index in [1.54, 1.807) is 35.0 Å². The zero-order valence-electron chi connectivity index (χ0n) is 18.2. The van der Waals surface area contributed by atoms with Crippen molar-refractivity contribution in [1.29, 1.82) is 5.26 Å². The molecule has 1 saturated carbocycles. The Morgan fingerprint density at radius 2 is 2.21 bits per heavy atom. The second-order valence-electron chi connectivity index (χ2n) is 8.51. The molecule has 5 rings (SSSR count). The van der Waals surface area contributed by atoms with Crippen molar-refractivity contribution in [1.82, 2.24) is 4.98 Å². The zero-order valence-corrected chi connectivity index (χ0v) is 19.0. The van der Waals surface area contributed by atoms with E-state index in [2.05, 4.69) is 22.4 Å². The summed E-state index contributed by atoms with van der Waals surface area (Å²) in [5, 5.41) is 21.2. The lowest BCUT2D eigenvalue weighted by Crippen LogP contribution is -2.27. The fraction of sp³-hybridized carbons (Fsp3) is 0.231. The number of nitrogens with zero attached hydrogens (tertiary/aromatic N) is 2. The van der Waals surface area contributed by atoms with E-state index in [1.165, 1.54) is 6.08 Å². The van der Waals surface area contributed by atoms with Crippen molar-refractivity contribution in [3.63, 3.8) is 0 Å². The Hall–Kier alpha value is -3.96. The van der Waals surface area contributed by atoms with Gasteiger partial charge < -0.3 is 15.2 Å². The number of aliphatic carboxylic acids is 1. The Morgan fingerprint density at radius 3 is 2.97 bits per heavy atom. The number of carboxylic acid groups (broad SMARTS) is 1. The standard InChI is InChI=1S/C26H21N3O4S/c27-13-16-4-5-17(2-1-3-24(30)31)21(10-16)29-25(32)20-12-26(20)8-9-33-22-7-6-18(11-19(22)26)23-14-28-15-34-23/h1,3-7,10-11,14-15,20H,2,8-9,12H2,(H,29,32)(H,30,31)/t20-,26-/m0/s1. The number of carbonyl (C=O) groups excluding carboxylic acids is 1. The molecule has 8 heteroatoms. The highest BCUT2D eigenvalue weighted by Crippen LogP contribution is 2.61. The van der Waals surface area contributed by atoms with Gasteiger partial charge in [0, 0.05) is 34.9 Å². The number of thiazole rings is 1. The van der Waals surface area contributed by atoms with Crippen molar-refractivity contribution in [3.05, 3.63) is 76.9 Å². The molecule has 0 saturated heterocycles. The van der Waals surface area contributed by atoms with Gasteiger partial charge in [0.1, 0.15) is 5.75 Å². The summed E-state index contributed by atoms with van der Waals surface area (Å²) >= 11 is 1.57. The van der Waals surface area contributed by atoms with E-state index in [9.17, 15) is 14.9 Å². The van der Waals surface area contributed by atoms with Gasteiger partial charge in [0.2, 0.25) is 5.91 Å². The number of aromatic nitrogens is 1. The van der Waals surface area contributed by atoms with Crippen LogP contribution in [-0.4, -0.2) is 28.6 Å². The molecule has 2 aliphatic rings. The number of hydrogen-bond donors (Lipinski definition) is 2. The van der Waals surface area contributed by atoms with Gasteiger partial charge in [-0.25, -0.2) is 4.79 Å². The number of hydrogen-bond acceptors (Lipinski definition) is 6. The number of allylic oxidation sites excluding steroid dienone is 1. The topological polar surface area (TPSA) is 112 Å².